The van der Waals surface area contributed by atoms with Crippen LogP contribution in [-0.2, 0) is 16.6 Å². The molecule has 1 saturated heterocycles. The standard InChI is InChI=1S/C23H31FN4OS.HI/c1-2-25-23(26-13-15-30(29)18-19-8-4-3-5-9-19)27-21-11-7-14-28(17-21)22-12-6-10-20(24)16-22;/h3-6,8-10,12,16,21H,2,7,11,13-15,17-18H2,1H3,(H2,25,26,27);1H. The zero-order valence-corrected chi connectivity index (χ0v) is 21.1. The molecule has 0 amide bonds. The van der Waals surface area contributed by atoms with E-state index in [9.17, 15) is 8.60 Å². The van der Waals surface area contributed by atoms with Gasteiger partial charge in [-0.15, -0.1) is 24.0 Å². The molecule has 0 saturated carbocycles. The van der Waals surface area contributed by atoms with Gasteiger partial charge >= 0.3 is 0 Å². The molecule has 31 heavy (non-hydrogen) atoms. The van der Waals surface area contributed by atoms with Crippen molar-refractivity contribution in [2.75, 3.05) is 36.8 Å². The molecule has 3 rings (SSSR count). The topological polar surface area (TPSA) is 56.7 Å². The number of piperidine rings is 1. The van der Waals surface area contributed by atoms with Crippen molar-refractivity contribution in [2.24, 2.45) is 4.99 Å². The van der Waals surface area contributed by atoms with Crippen molar-refractivity contribution in [2.45, 2.75) is 31.6 Å². The first-order valence-electron chi connectivity index (χ1n) is 10.6. The monoisotopic (exact) mass is 558 g/mol. The van der Waals surface area contributed by atoms with Crippen LogP contribution in [0.5, 0.6) is 0 Å². The van der Waals surface area contributed by atoms with E-state index in [1.54, 1.807) is 12.1 Å². The summed E-state index contributed by atoms with van der Waals surface area (Å²) in [6.45, 7) is 5.03. The predicted octanol–water partition coefficient (Wildman–Crippen LogP) is 3.92. The van der Waals surface area contributed by atoms with E-state index in [-0.39, 0.29) is 35.8 Å². The molecule has 0 aliphatic carbocycles. The molecule has 2 aromatic rings. The molecule has 5 nitrogen and oxygen atoms in total. The summed E-state index contributed by atoms with van der Waals surface area (Å²) in [5, 5.41) is 6.78. The molecular weight excluding hydrogens is 526 g/mol. The van der Waals surface area contributed by atoms with Gasteiger partial charge in [0.15, 0.2) is 5.96 Å². The molecular formula is C23H32FIN4OS. The molecule has 2 unspecified atom stereocenters. The number of benzene rings is 2. The summed E-state index contributed by atoms with van der Waals surface area (Å²) in [5.41, 5.74) is 2.00. The molecule has 0 spiro atoms. The molecule has 0 radical (unpaired) electrons. The lowest BCUT2D eigenvalue weighted by Crippen LogP contribution is -2.51. The number of halogens is 2. The summed E-state index contributed by atoms with van der Waals surface area (Å²) < 4.78 is 25.9. The highest BCUT2D eigenvalue weighted by Crippen LogP contribution is 2.20. The second-order valence-electron chi connectivity index (χ2n) is 7.44. The largest absolute Gasteiger partial charge is 0.369 e. The lowest BCUT2D eigenvalue weighted by Gasteiger charge is -2.35. The van der Waals surface area contributed by atoms with Crippen molar-refractivity contribution in [3.05, 3.63) is 66.0 Å². The van der Waals surface area contributed by atoms with Gasteiger partial charge in [0, 0.05) is 53.7 Å². The zero-order valence-electron chi connectivity index (χ0n) is 17.9. The van der Waals surface area contributed by atoms with Crippen molar-refractivity contribution >= 4 is 46.4 Å². The number of hydrogen-bond acceptors (Lipinski definition) is 3. The van der Waals surface area contributed by atoms with E-state index < -0.39 is 10.8 Å². The maximum absolute atomic E-state index is 13.6. The number of guanidine groups is 1. The van der Waals surface area contributed by atoms with Gasteiger partial charge in [-0.2, -0.15) is 0 Å². The van der Waals surface area contributed by atoms with E-state index in [0.29, 0.717) is 18.1 Å². The van der Waals surface area contributed by atoms with Crippen LogP contribution in [0.2, 0.25) is 0 Å². The Morgan fingerprint density at radius 2 is 2.03 bits per heavy atom. The van der Waals surface area contributed by atoms with Crippen molar-refractivity contribution in [1.29, 1.82) is 0 Å². The highest BCUT2D eigenvalue weighted by Gasteiger charge is 2.21. The van der Waals surface area contributed by atoms with Crippen LogP contribution in [0.1, 0.15) is 25.3 Å². The highest BCUT2D eigenvalue weighted by molar-refractivity contribution is 14.0. The van der Waals surface area contributed by atoms with Crippen molar-refractivity contribution in [1.82, 2.24) is 10.6 Å². The lowest BCUT2D eigenvalue weighted by molar-refractivity contribution is 0.467. The number of aliphatic imine (C=N–C) groups is 1. The molecule has 0 aromatic heterocycles. The van der Waals surface area contributed by atoms with Crippen LogP contribution in [0.15, 0.2) is 59.6 Å². The third kappa shape index (κ3) is 8.76. The van der Waals surface area contributed by atoms with Crippen LogP contribution in [0.25, 0.3) is 0 Å². The van der Waals surface area contributed by atoms with Gasteiger partial charge in [0.2, 0.25) is 0 Å². The first-order valence-corrected chi connectivity index (χ1v) is 12.1. The molecule has 1 heterocycles. The van der Waals surface area contributed by atoms with Gasteiger partial charge < -0.3 is 15.5 Å². The van der Waals surface area contributed by atoms with E-state index in [1.807, 2.05) is 43.3 Å². The molecule has 170 valence electrons. The molecule has 2 atom stereocenters. The Balaban J connectivity index is 0.00000341. The second-order valence-corrected chi connectivity index (χ2v) is 9.02. The second kappa shape index (κ2) is 13.7. The summed E-state index contributed by atoms with van der Waals surface area (Å²) in [6.07, 6.45) is 2.07. The summed E-state index contributed by atoms with van der Waals surface area (Å²) >= 11 is 0. The van der Waals surface area contributed by atoms with E-state index in [1.165, 1.54) is 6.07 Å². The van der Waals surface area contributed by atoms with Gasteiger partial charge in [-0.25, -0.2) is 4.39 Å². The van der Waals surface area contributed by atoms with Gasteiger partial charge in [-0.05, 0) is 43.5 Å². The number of nitrogens with zero attached hydrogens (tertiary/aromatic N) is 2. The van der Waals surface area contributed by atoms with Crippen LogP contribution >= 0.6 is 24.0 Å². The van der Waals surface area contributed by atoms with Gasteiger partial charge in [-0.3, -0.25) is 9.20 Å². The van der Waals surface area contributed by atoms with E-state index in [2.05, 4.69) is 20.5 Å². The SMILES string of the molecule is CCNC(=NCCS(=O)Cc1ccccc1)NC1CCCN(c2cccc(F)c2)C1.I. The van der Waals surface area contributed by atoms with Crippen LogP contribution in [0.4, 0.5) is 10.1 Å². The molecule has 1 fully saturated rings. The lowest BCUT2D eigenvalue weighted by atomic mass is 10.0. The molecule has 0 bridgehead atoms. The smallest absolute Gasteiger partial charge is 0.191 e. The molecule has 8 heteroatoms. The Labute approximate surface area is 204 Å². The summed E-state index contributed by atoms with van der Waals surface area (Å²) in [6, 6.07) is 16.9. The van der Waals surface area contributed by atoms with Gasteiger partial charge in [0.1, 0.15) is 5.82 Å². The van der Waals surface area contributed by atoms with Crippen LogP contribution < -0.4 is 15.5 Å². The van der Waals surface area contributed by atoms with E-state index in [4.69, 9.17) is 0 Å². The van der Waals surface area contributed by atoms with Crippen molar-refractivity contribution in [3.63, 3.8) is 0 Å². The number of nitrogens with one attached hydrogen (secondary N) is 2. The van der Waals surface area contributed by atoms with Crippen molar-refractivity contribution < 1.29 is 8.60 Å². The normalized spacial score (nSPS) is 17.5. The zero-order chi connectivity index (χ0) is 21.2. The minimum absolute atomic E-state index is 0. The third-order valence-electron chi connectivity index (χ3n) is 5.04. The molecule has 1 aliphatic rings. The van der Waals surface area contributed by atoms with Crippen LogP contribution in [0, 0.1) is 5.82 Å². The fourth-order valence-corrected chi connectivity index (χ4v) is 4.61. The average molecular weight is 559 g/mol. The Bertz CT molecular complexity index is 852. The fourth-order valence-electron chi connectivity index (χ4n) is 3.61. The van der Waals surface area contributed by atoms with Crippen LogP contribution in [0.3, 0.4) is 0 Å². The average Bonchev–Trinajstić information content (AvgIpc) is 2.75. The summed E-state index contributed by atoms with van der Waals surface area (Å²) in [4.78, 5) is 6.83. The Morgan fingerprint density at radius 3 is 2.77 bits per heavy atom. The molecule has 1 aliphatic heterocycles. The van der Waals surface area contributed by atoms with Gasteiger partial charge in [-0.1, -0.05) is 36.4 Å². The van der Waals surface area contributed by atoms with Crippen molar-refractivity contribution in [3.8, 4) is 0 Å². The quantitative estimate of drug-likeness (QED) is 0.293. The van der Waals surface area contributed by atoms with E-state index >= 15 is 0 Å². The van der Waals surface area contributed by atoms with Crippen LogP contribution in [-0.4, -0.2) is 48.1 Å². The minimum Gasteiger partial charge on any atom is -0.369 e. The number of anilines is 1. The summed E-state index contributed by atoms with van der Waals surface area (Å²) in [5.74, 6) is 1.64. The Kier molecular flexibility index (Phi) is 11.3. The third-order valence-corrected chi connectivity index (χ3v) is 6.33. The molecule has 2 aromatic carbocycles. The van der Waals surface area contributed by atoms with E-state index in [0.717, 1.165) is 49.7 Å². The number of rotatable bonds is 8. The van der Waals surface area contributed by atoms with Gasteiger partial charge in [0.05, 0.1) is 6.54 Å². The fraction of sp³-hybridized carbons (Fsp3) is 0.435. The van der Waals surface area contributed by atoms with Gasteiger partial charge in [0.25, 0.3) is 0 Å². The maximum atomic E-state index is 13.6. The number of hydrogen-bond donors (Lipinski definition) is 2. The first-order chi connectivity index (χ1) is 14.6. The first kappa shape index (κ1) is 25.6. The predicted molar refractivity (Wildman–Crippen MR) is 139 cm³/mol. The Hall–Kier alpha value is -1.68. The maximum Gasteiger partial charge on any atom is 0.191 e. The minimum atomic E-state index is -0.937. The molecule has 2 N–H and O–H groups in total. The highest BCUT2D eigenvalue weighted by atomic mass is 127. The summed E-state index contributed by atoms with van der Waals surface area (Å²) in [7, 11) is -0.937. The Morgan fingerprint density at radius 1 is 1.23 bits per heavy atom.